The second kappa shape index (κ2) is 6.78. The van der Waals surface area contributed by atoms with E-state index >= 15 is 0 Å². The minimum absolute atomic E-state index is 0.00918. The van der Waals surface area contributed by atoms with Gasteiger partial charge in [0.15, 0.2) is 11.5 Å². The summed E-state index contributed by atoms with van der Waals surface area (Å²) in [6.07, 6.45) is 5.70. The molecule has 0 radical (unpaired) electrons. The van der Waals surface area contributed by atoms with E-state index in [2.05, 4.69) is 19.4 Å². The third-order valence-electron chi connectivity index (χ3n) is 7.42. The molecule has 3 aromatic rings. The number of rotatable bonds is 2. The molecule has 0 amide bonds. The van der Waals surface area contributed by atoms with Gasteiger partial charge in [0.25, 0.3) is 0 Å². The number of nitrogens with two attached hydrogens (primary N) is 1. The molecule has 2 fully saturated rings. The van der Waals surface area contributed by atoms with Crippen LogP contribution in [0.3, 0.4) is 0 Å². The molecule has 2 aliphatic heterocycles. The first-order chi connectivity index (χ1) is 15.4. The molecule has 3 aliphatic rings. The number of alkyl halides is 2. The smallest absolute Gasteiger partial charge is 0.395 e. The van der Waals surface area contributed by atoms with E-state index in [4.69, 9.17) is 10.7 Å². The number of benzene rings is 1. The first-order valence-electron chi connectivity index (χ1n) is 11.1. The number of imidazole rings is 1. The van der Waals surface area contributed by atoms with Crippen LogP contribution in [0.1, 0.15) is 37.8 Å². The summed E-state index contributed by atoms with van der Waals surface area (Å²) in [7, 11) is 0. The molecule has 0 bridgehead atoms. The zero-order chi connectivity index (χ0) is 22.1. The molecule has 1 aliphatic carbocycles. The number of hydrogen-bond donors (Lipinski definition) is 1. The van der Waals surface area contributed by atoms with Gasteiger partial charge < -0.3 is 20.1 Å². The van der Waals surface area contributed by atoms with Crippen molar-refractivity contribution in [3.63, 3.8) is 0 Å². The Bertz CT molecular complexity index is 1200. The van der Waals surface area contributed by atoms with Gasteiger partial charge in [0, 0.05) is 37.1 Å². The lowest BCUT2D eigenvalue weighted by molar-refractivity contribution is -0.286. The third kappa shape index (κ3) is 2.94. The summed E-state index contributed by atoms with van der Waals surface area (Å²) in [5.41, 5.74) is 9.72. The van der Waals surface area contributed by atoms with Crippen molar-refractivity contribution in [1.29, 1.82) is 0 Å². The molecule has 32 heavy (non-hydrogen) atoms. The van der Waals surface area contributed by atoms with Crippen molar-refractivity contribution in [2.45, 2.75) is 51.4 Å². The standard InChI is InChI=1S/C23H25F2N5O2/c1-14-19(15-4-5-16-17(13-15)32-23(24,25)31-16)20-27-9-12-30(20)21(28-14)29-10-7-22(8-11-29)6-2-3-18(22)26/h4-5,9,12-13,18H,2-3,6-8,10-11,26H2,1H3/t18-/m1/s1. The van der Waals surface area contributed by atoms with Crippen LogP contribution in [-0.2, 0) is 0 Å². The lowest BCUT2D eigenvalue weighted by Gasteiger charge is -2.42. The number of hydrogen-bond acceptors (Lipinski definition) is 6. The molecular weight excluding hydrogens is 416 g/mol. The lowest BCUT2D eigenvalue weighted by atomic mass is 9.74. The summed E-state index contributed by atoms with van der Waals surface area (Å²) in [6, 6.07) is 5.08. The number of aryl methyl sites for hydroxylation is 1. The molecule has 1 spiro atoms. The summed E-state index contributed by atoms with van der Waals surface area (Å²) in [4.78, 5) is 11.8. The Balaban J connectivity index is 1.36. The fourth-order valence-corrected chi connectivity index (χ4v) is 5.68. The van der Waals surface area contributed by atoms with Crippen LogP contribution in [0.4, 0.5) is 14.7 Å². The van der Waals surface area contributed by atoms with Crippen LogP contribution in [0, 0.1) is 12.3 Å². The van der Waals surface area contributed by atoms with Gasteiger partial charge in [0.1, 0.15) is 5.65 Å². The van der Waals surface area contributed by atoms with Gasteiger partial charge >= 0.3 is 6.29 Å². The zero-order valence-electron chi connectivity index (χ0n) is 17.9. The molecule has 4 heterocycles. The van der Waals surface area contributed by atoms with Crippen molar-refractivity contribution < 1.29 is 18.3 Å². The molecule has 1 atom stereocenters. The molecule has 2 aromatic heterocycles. The quantitative estimate of drug-likeness (QED) is 0.645. The summed E-state index contributed by atoms with van der Waals surface area (Å²) < 4.78 is 38.1. The van der Waals surface area contributed by atoms with Crippen LogP contribution in [0.5, 0.6) is 11.5 Å². The normalized spacial score (nSPS) is 23.4. The number of ether oxygens (including phenoxy) is 2. The fourth-order valence-electron chi connectivity index (χ4n) is 5.68. The van der Waals surface area contributed by atoms with Gasteiger partial charge in [-0.3, -0.25) is 4.40 Å². The van der Waals surface area contributed by atoms with E-state index in [-0.39, 0.29) is 16.9 Å². The van der Waals surface area contributed by atoms with Crippen LogP contribution in [0.2, 0.25) is 0 Å². The predicted molar refractivity (Wildman–Crippen MR) is 115 cm³/mol. The van der Waals surface area contributed by atoms with Crippen LogP contribution >= 0.6 is 0 Å². The number of piperidine rings is 1. The average molecular weight is 441 g/mol. The molecule has 9 heteroatoms. The van der Waals surface area contributed by atoms with E-state index < -0.39 is 6.29 Å². The molecule has 0 unspecified atom stereocenters. The van der Waals surface area contributed by atoms with Gasteiger partial charge in [-0.05, 0) is 55.7 Å². The van der Waals surface area contributed by atoms with E-state index in [1.807, 2.05) is 17.5 Å². The fraction of sp³-hybridized carbons (Fsp3) is 0.478. The average Bonchev–Trinajstić information content (AvgIpc) is 3.44. The number of aromatic nitrogens is 3. The van der Waals surface area contributed by atoms with E-state index in [1.54, 1.807) is 18.3 Å². The van der Waals surface area contributed by atoms with Gasteiger partial charge in [-0.2, -0.15) is 0 Å². The highest BCUT2D eigenvalue weighted by molar-refractivity contribution is 5.82. The minimum Gasteiger partial charge on any atom is -0.395 e. The number of fused-ring (bicyclic) bond motifs is 2. The van der Waals surface area contributed by atoms with Crippen LogP contribution < -0.4 is 20.1 Å². The summed E-state index contributed by atoms with van der Waals surface area (Å²) in [5.74, 6) is 0.884. The molecule has 6 rings (SSSR count). The molecule has 1 saturated carbocycles. The SMILES string of the molecule is Cc1nc(N2CCC3(CCC[C@H]3N)CC2)n2ccnc2c1-c1ccc2c(c1)OC(F)(F)O2. The van der Waals surface area contributed by atoms with Crippen LogP contribution in [-0.4, -0.2) is 39.8 Å². The Hall–Kier alpha value is -2.94. The first-order valence-corrected chi connectivity index (χ1v) is 11.1. The number of halogens is 2. The van der Waals surface area contributed by atoms with Gasteiger partial charge in [-0.25, -0.2) is 9.97 Å². The van der Waals surface area contributed by atoms with E-state index in [9.17, 15) is 8.78 Å². The van der Waals surface area contributed by atoms with Gasteiger partial charge in [0.05, 0.1) is 5.69 Å². The van der Waals surface area contributed by atoms with Gasteiger partial charge in [-0.15, -0.1) is 8.78 Å². The van der Waals surface area contributed by atoms with Crippen molar-refractivity contribution in [2.75, 3.05) is 18.0 Å². The van der Waals surface area contributed by atoms with Crippen molar-refractivity contribution in [2.24, 2.45) is 11.1 Å². The molecule has 7 nitrogen and oxygen atoms in total. The maximum absolute atomic E-state index is 13.5. The Morgan fingerprint density at radius 3 is 2.66 bits per heavy atom. The highest BCUT2D eigenvalue weighted by Gasteiger charge is 2.44. The Morgan fingerprint density at radius 1 is 1.12 bits per heavy atom. The highest BCUT2D eigenvalue weighted by atomic mass is 19.3. The third-order valence-corrected chi connectivity index (χ3v) is 7.42. The van der Waals surface area contributed by atoms with Crippen molar-refractivity contribution in [1.82, 2.24) is 14.4 Å². The van der Waals surface area contributed by atoms with E-state index in [1.165, 1.54) is 18.9 Å². The number of nitrogens with zero attached hydrogens (tertiary/aromatic N) is 4. The molecule has 2 N–H and O–H groups in total. The topological polar surface area (TPSA) is 77.9 Å². The Morgan fingerprint density at radius 2 is 1.91 bits per heavy atom. The van der Waals surface area contributed by atoms with Crippen LogP contribution in [0.25, 0.3) is 16.8 Å². The lowest BCUT2D eigenvalue weighted by Crippen LogP contribution is -2.47. The van der Waals surface area contributed by atoms with Gasteiger partial charge in [-0.1, -0.05) is 12.5 Å². The molecule has 1 aromatic carbocycles. The highest BCUT2D eigenvalue weighted by Crippen LogP contribution is 2.47. The first kappa shape index (κ1) is 19.7. The summed E-state index contributed by atoms with van der Waals surface area (Å²) in [6.45, 7) is 3.74. The zero-order valence-corrected chi connectivity index (χ0v) is 17.9. The molecular formula is C23H25F2N5O2. The summed E-state index contributed by atoms with van der Waals surface area (Å²) >= 11 is 0. The largest absolute Gasteiger partial charge is 0.586 e. The second-order valence-corrected chi connectivity index (χ2v) is 9.17. The van der Waals surface area contributed by atoms with Crippen molar-refractivity contribution in [3.05, 3.63) is 36.3 Å². The Labute approximate surface area is 184 Å². The van der Waals surface area contributed by atoms with Crippen molar-refractivity contribution >= 4 is 11.6 Å². The minimum atomic E-state index is -3.64. The van der Waals surface area contributed by atoms with E-state index in [0.717, 1.165) is 55.2 Å². The van der Waals surface area contributed by atoms with E-state index in [0.29, 0.717) is 11.6 Å². The Kier molecular flexibility index (Phi) is 4.18. The monoisotopic (exact) mass is 441 g/mol. The maximum Gasteiger partial charge on any atom is 0.586 e. The van der Waals surface area contributed by atoms with Crippen molar-refractivity contribution in [3.8, 4) is 22.6 Å². The molecule has 168 valence electrons. The predicted octanol–water partition coefficient (Wildman–Crippen LogP) is 4.12. The number of anilines is 1. The second-order valence-electron chi connectivity index (χ2n) is 9.17. The molecule has 1 saturated heterocycles. The van der Waals surface area contributed by atoms with Gasteiger partial charge in [0.2, 0.25) is 5.95 Å². The summed E-state index contributed by atoms with van der Waals surface area (Å²) in [5, 5.41) is 0. The maximum atomic E-state index is 13.5. The van der Waals surface area contributed by atoms with Crippen LogP contribution in [0.15, 0.2) is 30.6 Å².